The van der Waals surface area contributed by atoms with Crippen molar-refractivity contribution < 1.29 is 14.7 Å². The highest BCUT2D eigenvalue weighted by molar-refractivity contribution is 5.86. The van der Waals surface area contributed by atoms with Gasteiger partial charge in [0.1, 0.15) is 6.54 Å². The molecule has 2 saturated carbocycles. The maximum absolute atomic E-state index is 12.8. The molecule has 114 valence electrons. The Kier molecular flexibility index (Phi) is 4.68. The molecule has 0 spiro atoms. The molecule has 0 heterocycles. The Hall–Kier alpha value is -1.10. The van der Waals surface area contributed by atoms with Crippen LogP contribution < -0.4 is 5.73 Å². The summed E-state index contributed by atoms with van der Waals surface area (Å²) in [7, 11) is 0. The highest BCUT2D eigenvalue weighted by Gasteiger charge is 2.43. The molecule has 5 heteroatoms. The van der Waals surface area contributed by atoms with Gasteiger partial charge in [0, 0.05) is 13.1 Å². The molecule has 2 fully saturated rings. The zero-order valence-electron chi connectivity index (χ0n) is 12.3. The van der Waals surface area contributed by atoms with Crippen molar-refractivity contribution in [2.45, 2.75) is 45.4 Å². The van der Waals surface area contributed by atoms with E-state index in [2.05, 4.69) is 6.92 Å². The number of aliphatic carboxylic acids is 1. The zero-order chi connectivity index (χ0) is 14.8. The van der Waals surface area contributed by atoms with Crippen molar-refractivity contribution >= 4 is 11.9 Å². The van der Waals surface area contributed by atoms with Crippen LogP contribution in [0.1, 0.15) is 45.4 Å². The minimum atomic E-state index is -0.935. The molecule has 2 rings (SSSR count). The second-order valence-corrected chi connectivity index (χ2v) is 6.69. The molecule has 0 bridgehead atoms. The van der Waals surface area contributed by atoms with Crippen molar-refractivity contribution in [2.75, 3.05) is 19.6 Å². The molecular formula is C15H26N2O3. The van der Waals surface area contributed by atoms with Gasteiger partial charge in [-0.3, -0.25) is 9.59 Å². The van der Waals surface area contributed by atoms with E-state index in [1.807, 2.05) is 0 Å². The number of amides is 1. The summed E-state index contributed by atoms with van der Waals surface area (Å²) in [5.41, 5.74) is 5.39. The molecule has 20 heavy (non-hydrogen) atoms. The first-order chi connectivity index (χ1) is 9.47. The minimum absolute atomic E-state index is 0.0267. The van der Waals surface area contributed by atoms with E-state index in [1.165, 1.54) is 0 Å². The summed E-state index contributed by atoms with van der Waals surface area (Å²) < 4.78 is 0. The van der Waals surface area contributed by atoms with Crippen LogP contribution in [0.3, 0.4) is 0 Å². The van der Waals surface area contributed by atoms with Crippen LogP contribution in [-0.2, 0) is 9.59 Å². The Morgan fingerprint density at radius 1 is 1.25 bits per heavy atom. The maximum Gasteiger partial charge on any atom is 0.323 e. The zero-order valence-corrected chi connectivity index (χ0v) is 12.3. The largest absolute Gasteiger partial charge is 0.480 e. The van der Waals surface area contributed by atoms with Gasteiger partial charge in [0.05, 0.1) is 5.41 Å². The highest BCUT2D eigenvalue weighted by Crippen LogP contribution is 2.40. The second-order valence-electron chi connectivity index (χ2n) is 6.69. The molecule has 5 nitrogen and oxygen atoms in total. The lowest BCUT2D eigenvalue weighted by Crippen LogP contribution is -2.51. The van der Waals surface area contributed by atoms with Gasteiger partial charge >= 0.3 is 5.97 Å². The first-order valence-electron chi connectivity index (χ1n) is 7.68. The van der Waals surface area contributed by atoms with E-state index < -0.39 is 11.4 Å². The molecule has 0 radical (unpaired) electrons. The molecule has 3 N–H and O–H groups in total. The van der Waals surface area contributed by atoms with Crippen molar-refractivity contribution in [3.63, 3.8) is 0 Å². The first kappa shape index (κ1) is 15.3. The fourth-order valence-electron chi connectivity index (χ4n) is 3.15. The molecule has 0 aliphatic heterocycles. The van der Waals surface area contributed by atoms with E-state index in [-0.39, 0.29) is 12.5 Å². The van der Waals surface area contributed by atoms with Crippen LogP contribution in [0, 0.1) is 17.3 Å². The fourth-order valence-corrected chi connectivity index (χ4v) is 3.15. The third-order valence-corrected chi connectivity index (χ3v) is 4.86. The van der Waals surface area contributed by atoms with E-state index in [1.54, 1.807) is 4.90 Å². The Bertz CT molecular complexity index is 371. The van der Waals surface area contributed by atoms with Crippen molar-refractivity contribution in [1.82, 2.24) is 4.90 Å². The molecule has 0 aromatic rings. The quantitative estimate of drug-likeness (QED) is 0.772. The van der Waals surface area contributed by atoms with Gasteiger partial charge in [0.2, 0.25) is 5.91 Å². The van der Waals surface area contributed by atoms with Gasteiger partial charge in [0.25, 0.3) is 0 Å². The number of carboxylic acids is 1. The minimum Gasteiger partial charge on any atom is -0.480 e. The summed E-state index contributed by atoms with van der Waals surface area (Å²) >= 11 is 0. The summed E-state index contributed by atoms with van der Waals surface area (Å²) in [6.45, 7) is 2.93. The maximum atomic E-state index is 12.8. The summed E-state index contributed by atoms with van der Waals surface area (Å²) in [5.74, 6) is 0.172. The number of rotatable bonds is 6. The molecule has 0 atom stereocenters. The van der Waals surface area contributed by atoms with Crippen LogP contribution in [0.15, 0.2) is 0 Å². The number of carbonyl (C=O) groups excluding carboxylic acids is 1. The predicted molar refractivity (Wildman–Crippen MR) is 76.1 cm³/mol. The summed E-state index contributed by atoms with van der Waals surface area (Å²) in [5, 5.41) is 9.04. The molecule has 0 aromatic heterocycles. The third kappa shape index (κ3) is 3.51. The van der Waals surface area contributed by atoms with Gasteiger partial charge in [0.15, 0.2) is 0 Å². The number of hydrogen-bond acceptors (Lipinski definition) is 3. The van der Waals surface area contributed by atoms with E-state index in [9.17, 15) is 9.59 Å². The Morgan fingerprint density at radius 3 is 2.30 bits per heavy atom. The van der Waals surface area contributed by atoms with Crippen LogP contribution in [0.5, 0.6) is 0 Å². The topological polar surface area (TPSA) is 83.6 Å². The molecule has 0 saturated heterocycles. The van der Waals surface area contributed by atoms with Crippen LogP contribution in [0.2, 0.25) is 0 Å². The Balaban J connectivity index is 2.08. The monoisotopic (exact) mass is 282 g/mol. The molecule has 2 aliphatic rings. The smallest absolute Gasteiger partial charge is 0.323 e. The number of carbonyl (C=O) groups is 2. The van der Waals surface area contributed by atoms with E-state index >= 15 is 0 Å². The van der Waals surface area contributed by atoms with E-state index in [4.69, 9.17) is 10.8 Å². The summed E-state index contributed by atoms with van der Waals surface area (Å²) in [4.78, 5) is 25.4. The van der Waals surface area contributed by atoms with Crippen LogP contribution in [-0.4, -0.2) is 41.5 Å². The van der Waals surface area contributed by atoms with E-state index in [0.29, 0.717) is 24.9 Å². The highest BCUT2D eigenvalue weighted by atomic mass is 16.4. The van der Waals surface area contributed by atoms with Crippen molar-refractivity contribution in [3.8, 4) is 0 Å². The van der Waals surface area contributed by atoms with Crippen molar-refractivity contribution in [2.24, 2.45) is 23.0 Å². The van der Waals surface area contributed by atoms with Crippen LogP contribution in [0.25, 0.3) is 0 Å². The Labute approximate surface area is 120 Å². The second kappa shape index (κ2) is 6.12. The SMILES string of the molecule is CC1CCC(CN)(C(=O)N(CC(=O)O)CC2CC2)CC1. The molecule has 1 amide bonds. The first-order valence-corrected chi connectivity index (χ1v) is 7.68. The summed E-state index contributed by atoms with van der Waals surface area (Å²) in [6.07, 6.45) is 5.82. The molecule has 0 aromatic carbocycles. The molecular weight excluding hydrogens is 256 g/mol. The van der Waals surface area contributed by atoms with Crippen molar-refractivity contribution in [3.05, 3.63) is 0 Å². The van der Waals surface area contributed by atoms with E-state index in [0.717, 1.165) is 38.5 Å². The van der Waals surface area contributed by atoms with Gasteiger partial charge in [-0.2, -0.15) is 0 Å². The van der Waals surface area contributed by atoms with Gasteiger partial charge in [-0.05, 0) is 50.4 Å². The van der Waals surface area contributed by atoms with Crippen LogP contribution >= 0.6 is 0 Å². The number of nitrogens with zero attached hydrogens (tertiary/aromatic N) is 1. The Morgan fingerprint density at radius 2 is 1.85 bits per heavy atom. The lowest BCUT2D eigenvalue weighted by Gasteiger charge is -2.40. The average molecular weight is 282 g/mol. The van der Waals surface area contributed by atoms with Crippen molar-refractivity contribution in [1.29, 1.82) is 0 Å². The lowest BCUT2D eigenvalue weighted by molar-refractivity contribution is -0.151. The average Bonchev–Trinajstić information content (AvgIpc) is 3.22. The number of carboxylic acid groups (broad SMARTS) is 1. The van der Waals surface area contributed by atoms with Crippen LogP contribution in [0.4, 0.5) is 0 Å². The van der Waals surface area contributed by atoms with Gasteiger partial charge in [-0.25, -0.2) is 0 Å². The molecule has 0 unspecified atom stereocenters. The fraction of sp³-hybridized carbons (Fsp3) is 0.867. The normalized spacial score (nSPS) is 30.0. The standard InChI is InChI=1S/C15H26N2O3/c1-11-4-6-15(10-16,7-5-11)14(20)17(9-13(18)19)8-12-2-3-12/h11-12H,2-10,16H2,1H3,(H,18,19). The molecule has 2 aliphatic carbocycles. The van der Waals surface area contributed by atoms with Gasteiger partial charge < -0.3 is 15.7 Å². The summed E-state index contributed by atoms with van der Waals surface area (Å²) in [6, 6.07) is 0. The van der Waals surface area contributed by atoms with Gasteiger partial charge in [-0.1, -0.05) is 6.92 Å². The predicted octanol–water partition coefficient (Wildman–Crippen LogP) is 1.46. The lowest BCUT2D eigenvalue weighted by atomic mass is 9.70. The van der Waals surface area contributed by atoms with Gasteiger partial charge in [-0.15, -0.1) is 0 Å². The number of nitrogens with two attached hydrogens (primary N) is 1. The number of hydrogen-bond donors (Lipinski definition) is 2. The third-order valence-electron chi connectivity index (χ3n) is 4.86.